The summed E-state index contributed by atoms with van der Waals surface area (Å²) in [5, 5.41) is 4.45. The van der Waals surface area contributed by atoms with E-state index in [9.17, 15) is 14.0 Å². The number of halogens is 1. The lowest BCUT2D eigenvalue weighted by atomic mass is 10.1. The van der Waals surface area contributed by atoms with Gasteiger partial charge in [-0.3, -0.25) is 9.36 Å². The van der Waals surface area contributed by atoms with E-state index in [0.717, 1.165) is 10.1 Å². The molecule has 27 heavy (non-hydrogen) atoms. The fourth-order valence-corrected chi connectivity index (χ4v) is 2.66. The van der Waals surface area contributed by atoms with Crippen LogP contribution < -0.4 is 11.2 Å². The molecule has 2 heterocycles. The first kappa shape index (κ1) is 16.8. The molecule has 0 atom stereocenters. The molecule has 8 heteroatoms. The van der Waals surface area contributed by atoms with Crippen molar-refractivity contribution in [2.45, 2.75) is 6.92 Å². The molecule has 2 aliphatic rings. The number of nitrogens with zero attached hydrogens (tertiary/aromatic N) is 5. The summed E-state index contributed by atoms with van der Waals surface area (Å²) in [7, 11) is 1.34. The van der Waals surface area contributed by atoms with Gasteiger partial charge in [0.2, 0.25) is 0 Å². The molecule has 2 aliphatic heterocycles. The van der Waals surface area contributed by atoms with Crippen LogP contribution >= 0.6 is 0 Å². The van der Waals surface area contributed by atoms with Gasteiger partial charge >= 0.3 is 5.69 Å². The molecule has 2 aromatic carbocycles. The lowest BCUT2D eigenvalue weighted by Gasteiger charge is -2.14. The Morgan fingerprint density at radius 1 is 0.926 bits per heavy atom. The second-order valence-corrected chi connectivity index (χ2v) is 6.12. The zero-order valence-corrected chi connectivity index (χ0v) is 14.5. The summed E-state index contributed by atoms with van der Waals surface area (Å²) in [5.41, 5.74) is 0.946. The van der Waals surface area contributed by atoms with Gasteiger partial charge < -0.3 is 0 Å². The molecule has 0 radical (unpaired) electrons. The second-order valence-electron chi connectivity index (χ2n) is 6.12. The van der Waals surface area contributed by atoms with Gasteiger partial charge in [0.05, 0.1) is 5.69 Å². The van der Waals surface area contributed by atoms with Gasteiger partial charge in [0, 0.05) is 12.6 Å². The molecule has 0 unspecified atom stereocenters. The van der Waals surface area contributed by atoms with Gasteiger partial charge in [-0.1, -0.05) is 29.8 Å². The van der Waals surface area contributed by atoms with E-state index < -0.39 is 17.1 Å². The average Bonchev–Trinajstić information content (AvgIpc) is 2.67. The number of aryl methyl sites for hydroxylation is 1. The zero-order chi connectivity index (χ0) is 19.1. The molecular formula is C19H14FN5O2. The van der Waals surface area contributed by atoms with Crippen molar-refractivity contribution in [3.8, 4) is 28.6 Å². The van der Waals surface area contributed by atoms with Crippen LogP contribution in [0.4, 0.5) is 4.39 Å². The van der Waals surface area contributed by atoms with E-state index in [-0.39, 0.29) is 11.5 Å². The molecule has 0 bridgehead atoms. The molecule has 0 fully saturated rings. The number of hydrogen-bond donors (Lipinski definition) is 0. The van der Waals surface area contributed by atoms with Crippen LogP contribution in [0, 0.1) is 12.7 Å². The molecule has 0 N–H and O–H groups in total. The normalized spacial score (nSPS) is 11.1. The van der Waals surface area contributed by atoms with E-state index in [1.54, 1.807) is 0 Å². The maximum Gasteiger partial charge on any atom is 0.352 e. The number of rotatable bonds is 2. The highest BCUT2D eigenvalue weighted by Crippen LogP contribution is 2.22. The summed E-state index contributed by atoms with van der Waals surface area (Å²) < 4.78 is 15.5. The van der Waals surface area contributed by atoms with Crippen LogP contribution in [0.25, 0.3) is 28.6 Å². The summed E-state index contributed by atoms with van der Waals surface area (Å²) in [4.78, 5) is 32.9. The molecule has 134 valence electrons. The van der Waals surface area contributed by atoms with Crippen LogP contribution in [0.3, 0.4) is 0 Å². The van der Waals surface area contributed by atoms with E-state index in [1.165, 1.54) is 36.0 Å². The van der Waals surface area contributed by atoms with Gasteiger partial charge in [-0.2, -0.15) is 4.98 Å². The Kier molecular flexibility index (Phi) is 3.88. The quantitative estimate of drug-likeness (QED) is 0.544. The third-order valence-corrected chi connectivity index (χ3v) is 4.20. The average molecular weight is 363 g/mol. The molecule has 7 nitrogen and oxygen atoms in total. The van der Waals surface area contributed by atoms with Crippen LogP contribution in [0.15, 0.2) is 58.1 Å². The standard InChI is InChI=1S/C19H14FN5O2/c1-11-3-5-12(6-4-11)16-21-15-17(22-19(27)24(2)18(15)26)25(23-16)14-9-7-13(20)8-10-14/h3-10H,1-2H3. The fraction of sp³-hybridized carbons (Fsp3) is 0.105. The summed E-state index contributed by atoms with van der Waals surface area (Å²) in [5.74, 6) is -0.0974. The third kappa shape index (κ3) is 2.91. The predicted octanol–water partition coefficient (Wildman–Crippen LogP) is 1.94. The molecule has 0 aliphatic carbocycles. The van der Waals surface area contributed by atoms with Crippen molar-refractivity contribution < 1.29 is 4.39 Å². The Balaban J connectivity index is 2.08. The summed E-state index contributed by atoms with van der Waals surface area (Å²) in [6.45, 7) is 1.96. The summed E-state index contributed by atoms with van der Waals surface area (Å²) in [6.07, 6.45) is 0. The number of hydrogen-bond acceptors (Lipinski definition) is 5. The minimum absolute atomic E-state index is 0.00648. The number of benzene rings is 2. The Hall–Kier alpha value is -3.68. The molecule has 4 rings (SSSR count). The zero-order valence-electron chi connectivity index (χ0n) is 14.5. The molecule has 0 amide bonds. The van der Waals surface area contributed by atoms with E-state index in [2.05, 4.69) is 15.1 Å². The van der Waals surface area contributed by atoms with E-state index in [0.29, 0.717) is 17.1 Å². The molecule has 0 aromatic heterocycles. The summed E-state index contributed by atoms with van der Waals surface area (Å²) in [6, 6.07) is 13.0. The number of aromatic nitrogens is 5. The third-order valence-electron chi connectivity index (χ3n) is 4.20. The molecule has 0 saturated heterocycles. The van der Waals surface area contributed by atoms with Crippen LogP contribution in [0.1, 0.15) is 5.56 Å². The minimum Gasteiger partial charge on any atom is -0.267 e. The van der Waals surface area contributed by atoms with Gasteiger partial charge in [-0.15, -0.1) is 5.10 Å². The van der Waals surface area contributed by atoms with Crippen molar-refractivity contribution in [1.29, 1.82) is 0 Å². The van der Waals surface area contributed by atoms with Gasteiger partial charge in [0.25, 0.3) is 5.56 Å². The van der Waals surface area contributed by atoms with Crippen LogP contribution in [0.2, 0.25) is 0 Å². The first-order chi connectivity index (χ1) is 12.9. The predicted molar refractivity (Wildman–Crippen MR) is 97.4 cm³/mol. The smallest absolute Gasteiger partial charge is 0.267 e. The Morgan fingerprint density at radius 3 is 2.26 bits per heavy atom. The lowest BCUT2D eigenvalue weighted by molar-refractivity contribution is 0.626. The van der Waals surface area contributed by atoms with Crippen molar-refractivity contribution in [2.24, 2.45) is 7.05 Å². The van der Waals surface area contributed by atoms with Crippen molar-refractivity contribution in [1.82, 2.24) is 24.3 Å². The van der Waals surface area contributed by atoms with Gasteiger partial charge in [0.1, 0.15) is 5.82 Å². The maximum absolute atomic E-state index is 13.3. The summed E-state index contributed by atoms with van der Waals surface area (Å²) >= 11 is 0. The first-order valence-electron chi connectivity index (χ1n) is 8.15. The highest BCUT2D eigenvalue weighted by molar-refractivity contribution is 5.61. The van der Waals surface area contributed by atoms with Crippen LogP contribution in [0.5, 0.6) is 0 Å². The largest absolute Gasteiger partial charge is 0.352 e. The maximum atomic E-state index is 13.3. The first-order valence-corrected chi connectivity index (χ1v) is 8.15. The Morgan fingerprint density at radius 2 is 1.59 bits per heavy atom. The van der Waals surface area contributed by atoms with Crippen molar-refractivity contribution in [3.63, 3.8) is 0 Å². The topological polar surface area (TPSA) is 82.7 Å². The van der Waals surface area contributed by atoms with Gasteiger partial charge in [-0.05, 0) is 31.2 Å². The molecular weight excluding hydrogens is 349 g/mol. The molecule has 2 aromatic rings. The molecule has 0 saturated carbocycles. The minimum atomic E-state index is -0.713. The monoisotopic (exact) mass is 363 g/mol. The van der Waals surface area contributed by atoms with Crippen molar-refractivity contribution in [2.75, 3.05) is 0 Å². The van der Waals surface area contributed by atoms with E-state index in [1.807, 2.05) is 31.2 Å². The van der Waals surface area contributed by atoms with E-state index >= 15 is 0 Å². The molecule has 0 spiro atoms. The van der Waals surface area contributed by atoms with E-state index in [4.69, 9.17) is 0 Å². The Bertz CT molecular complexity index is 1230. The Labute approximate surface area is 152 Å². The highest BCUT2D eigenvalue weighted by atomic mass is 19.1. The van der Waals surface area contributed by atoms with Gasteiger partial charge in [-0.25, -0.2) is 18.9 Å². The number of fused-ring (bicyclic) bond motifs is 1. The van der Waals surface area contributed by atoms with Crippen molar-refractivity contribution >= 4 is 0 Å². The van der Waals surface area contributed by atoms with Crippen LogP contribution in [-0.2, 0) is 7.05 Å². The lowest BCUT2D eigenvalue weighted by Crippen LogP contribution is -2.37. The van der Waals surface area contributed by atoms with Gasteiger partial charge in [0.15, 0.2) is 17.3 Å². The fourth-order valence-electron chi connectivity index (χ4n) is 2.66. The van der Waals surface area contributed by atoms with Crippen LogP contribution in [-0.4, -0.2) is 24.3 Å². The highest BCUT2D eigenvalue weighted by Gasteiger charge is 2.21. The second kappa shape index (κ2) is 6.24. The van der Waals surface area contributed by atoms with Crippen molar-refractivity contribution in [3.05, 3.63) is 80.7 Å². The SMILES string of the molecule is Cc1ccc(-c2nc3c(=O)n(C)c(=O)nc-3n(-c3ccc(F)cc3)n2)cc1.